The van der Waals surface area contributed by atoms with Gasteiger partial charge in [0.05, 0.1) is 23.2 Å². The Labute approximate surface area is 185 Å². The molecule has 0 saturated carbocycles. The second-order valence-electron chi connectivity index (χ2n) is 6.93. The van der Waals surface area contributed by atoms with Crippen molar-refractivity contribution in [3.05, 3.63) is 42.5 Å². The number of carbonyl (C=O) groups excluding carboxylic acids is 1. The van der Waals surface area contributed by atoms with Crippen LogP contribution in [0.25, 0.3) is 10.2 Å². The third-order valence-corrected chi connectivity index (χ3v) is 5.54. The Balaban J connectivity index is 0.00000256. The number of hydrogen-bond acceptors (Lipinski definition) is 7. The molecular formula is C21H24ClN3O4S. The zero-order valence-electron chi connectivity index (χ0n) is 16.9. The van der Waals surface area contributed by atoms with Crippen LogP contribution in [0.2, 0.25) is 0 Å². The monoisotopic (exact) mass is 449 g/mol. The molecule has 0 saturated heterocycles. The van der Waals surface area contributed by atoms with Crippen LogP contribution in [0.5, 0.6) is 17.2 Å². The molecule has 30 heavy (non-hydrogen) atoms. The molecule has 160 valence electrons. The fourth-order valence-electron chi connectivity index (χ4n) is 2.96. The summed E-state index contributed by atoms with van der Waals surface area (Å²) in [5.74, 6) is 2.16. The van der Waals surface area contributed by atoms with Crippen LogP contribution in [0.4, 0.5) is 5.13 Å². The van der Waals surface area contributed by atoms with E-state index in [1.807, 2.05) is 61.5 Å². The SMILES string of the molecule is CN(C)CCN(C(=O)CCOc1ccccc1)c1nc2cc3c(cc2s1)OCO3.Cl. The number of anilines is 1. The Hall–Kier alpha value is -2.55. The summed E-state index contributed by atoms with van der Waals surface area (Å²) in [6.07, 6.45) is 0.279. The average Bonchev–Trinajstić information content (AvgIpc) is 3.32. The molecule has 0 bridgehead atoms. The van der Waals surface area contributed by atoms with Gasteiger partial charge in [-0.3, -0.25) is 9.69 Å². The quantitative estimate of drug-likeness (QED) is 0.521. The summed E-state index contributed by atoms with van der Waals surface area (Å²) in [5, 5.41) is 0.676. The Morgan fingerprint density at radius 3 is 2.60 bits per heavy atom. The Bertz CT molecular complexity index is 956. The molecule has 4 rings (SSSR count). The van der Waals surface area contributed by atoms with Crippen molar-refractivity contribution in [2.45, 2.75) is 6.42 Å². The van der Waals surface area contributed by atoms with Gasteiger partial charge in [0.25, 0.3) is 0 Å². The van der Waals surface area contributed by atoms with E-state index < -0.39 is 0 Å². The van der Waals surface area contributed by atoms with Gasteiger partial charge in [0.15, 0.2) is 16.6 Å². The third-order valence-electron chi connectivity index (χ3n) is 4.50. The number of nitrogens with zero attached hydrogens (tertiary/aromatic N) is 3. The van der Waals surface area contributed by atoms with Crippen LogP contribution < -0.4 is 19.1 Å². The maximum absolute atomic E-state index is 13.0. The number of hydrogen-bond donors (Lipinski definition) is 0. The first-order valence-electron chi connectivity index (χ1n) is 9.43. The lowest BCUT2D eigenvalue weighted by Crippen LogP contribution is -2.37. The molecule has 0 aliphatic carbocycles. The molecule has 0 atom stereocenters. The van der Waals surface area contributed by atoms with Crippen LogP contribution in [-0.4, -0.2) is 56.4 Å². The van der Waals surface area contributed by atoms with Crippen LogP contribution in [0, 0.1) is 0 Å². The topological polar surface area (TPSA) is 64.1 Å². The van der Waals surface area contributed by atoms with Gasteiger partial charge in [0.2, 0.25) is 12.7 Å². The van der Waals surface area contributed by atoms with Gasteiger partial charge in [0, 0.05) is 25.2 Å². The zero-order chi connectivity index (χ0) is 20.2. The number of rotatable bonds is 8. The number of amides is 1. The molecule has 1 aromatic heterocycles. The highest BCUT2D eigenvalue weighted by Crippen LogP contribution is 2.39. The fraction of sp³-hybridized carbons (Fsp3) is 0.333. The molecule has 2 aromatic carbocycles. The molecule has 3 aromatic rings. The lowest BCUT2D eigenvalue weighted by Gasteiger charge is -2.22. The van der Waals surface area contributed by atoms with Crippen molar-refractivity contribution in [2.75, 3.05) is 45.5 Å². The van der Waals surface area contributed by atoms with Crippen molar-refractivity contribution < 1.29 is 19.0 Å². The standard InChI is InChI=1S/C21H23N3O4S.ClH/c1-23(2)9-10-24(20(25)8-11-26-15-6-4-3-5-7-15)21-22-16-12-17-18(28-14-27-17)13-19(16)29-21;/h3-7,12-13H,8-11,14H2,1-2H3;1H. The molecule has 9 heteroatoms. The molecule has 0 spiro atoms. The molecular weight excluding hydrogens is 426 g/mol. The number of ether oxygens (including phenoxy) is 3. The molecule has 0 N–H and O–H groups in total. The highest BCUT2D eigenvalue weighted by atomic mass is 35.5. The second-order valence-corrected chi connectivity index (χ2v) is 7.94. The van der Waals surface area contributed by atoms with Gasteiger partial charge < -0.3 is 19.1 Å². The van der Waals surface area contributed by atoms with Gasteiger partial charge >= 0.3 is 0 Å². The van der Waals surface area contributed by atoms with E-state index in [1.165, 1.54) is 11.3 Å². The predicted molar refractivity (Wildman–Crippen MR) is 120 cm³/mol. The summed E-state index contributed by atoms with van der Waals surface area (Å²) in [7, 11) is 3.97. The van der Waals surface area contributed by atoms with E-state index in [4.69, 9.17) is 14.2 Å². The lowest BCUT2D eigenvalue weighted by atomic mass is 10.3. The van der Waals surface area contributed by atoms with Gasteiger partial charge in [0.1, 0.15) is 5.75 Å². The highest BCUT2D eigenvalue weighted by Gasteiger charge is 2.22. The molecule has 0 unspecified atom stereocenters. The Morgan fingerprint density at radius 1 is 1.13 bits per heavy atom. The molecule has 1 amide bonds. The van der Waals surface area contributed by atoms with E-state index in [1.54, 1.807) is 4.90 Å². The van der Waals surface area contributed by atoms with E-state index in [0.29, 0.717) is 24.0 Å². The Morgan fingerprint density at radius 2 is 1.87 bits per heavy atom. The van der Waals surface area contributed by atoms with E-state index in [0.717, 1.165) is 28.3 Å². The summed E-state index contributed by atoms with van der Waals surface area (Å²) >= 11 is 1.48. The largest absolute Gasteiger partial charge is 0.493 e. The lowest BCUT2D eigenvalue weighted by molar-refractivity contribution is -0.119. The first-order chi connectivity index (χ1) is 14.1. The minimum atomic E-state index is -0.0121. The summed E-state index contributed by atoms with van der Waals surface area (Å²) in [5.41, 5.74) is 0.803. The third kappa shape index (κ3) is 5.13. The van der Waals surface area contributed by atoms with Gasteiger partial charge in [-0.05, 0) is 26.2 Å². The number of likely N-dealkylation sites (N-methyl/N-ethyl adjacent to an activating group) is 1. The van der Waals surface area contributed by atoms with Gasteiger partial charge in [-0.25, -0.2) is 4.98 Å². The van der Waals surface area contributed by atoms with E-state index in [2.05, 4.69) is 4.98 Å². The molecule has 7 nitrogen and oxygen atoms in total. The Kier molecular flexibility index (Phi) is 7.36. The van der Waals surface area contributed by atoms with Crippen molar-refractivity contribution in [3.8, 4) is 17.2 Å². The smallest absolute Gasteiger partial charge is 0.232 e. The van der Waals surface area contributed by atoms with Gasteiger partial charge in [-0.2, -0.15) is 0 Å². The number of carbonyl (C=O) groups is 1. The summed E-state index contributed by atoms with van der Waals surface area (Å²) in [4.78, 5) is 21.4. The minimum absolute atomic E-state index is 0. The maximum atomic E-state index is 13.0. The number of thiazole rings is 1. The number of halogens is 1. The van der Waals surface area contributed by atoms with Crippen LogP contribution in [0.15, 0.2) is 42.5 Å². The molecule has 0 radical (unpaired) electrons. The van der Waals surface area contributed by atoms with Gasteiger partial charge in [-0.15, -0.1) is 12.4 Å². The van der Waals surface area contributed by atoms with Crippen LogP contribution in [0.1, 0.15) is 6.42 Å². The first-order valence-corrected chi connectivity index (χ1v) is 10.2. The highest BCUT2D eigenvalue weighted by molar-refractivity contribution is 7.22. The number of benzene rings is 2. The van der Waals surface area contributed by atoms with Crippen LogP contribution >= 0.6 is 23.7 Å². The van der Waals surface area contributed by atoms with Crippen molar-refractivity contribution in [1.82, 2.24) is 9.88 Å². The summed E-state index contributed by atoms with van der Waals surface area (Å²) in [6.45, 7) is 1.85. The average molecular weight is 450 g/mol. The summed E-state index contributed by atoms with van der Waals surface area (Å²) in [6, 6.07) is 13.3. The maximum Gasteiger partial charge on any atom is 0.232 e. The van der Waals surface area contributed by atoms with Crippen LogP contribution in [0.3, 0.4) is 0 Å². The van der Waals surface area contributed by atoms with E-state index in [9.17, 15) is 4.79 Å². The number of fused-ring (bicyclic) bond motifs is 2. The summed E-state index contributed by atoms with van der Waals surface area (Å²) < 4.78 is 17.5. The predicted octanol–water partition coefficient (Wildman–Crippen LogP) is 3.81. The van der Waals surface area contributed by atoms with E-state index >= 15 is 0 Å². The normalized spacial score (nSPS) is 12.1. The minimum Gasteiger partial charge on any atom is -0.493 e. The number of para-hydroxylation sites is 1. The molecule has 1 aliphatic heterocycles. The van der Waals surface area contributed by atoms with Crippen molar-refractivity contribution in [1.29, 1.82) is 0 Å². The number of aromatic nitrogens is 1. The molecule has 1 aliphatic rings. The fourth-order valence-corrected chi connectivity index (χ4v) is 3.98. The first kappa shape index (κ1) is 22.1. The van der Waals surface area contributed by atoms with Gasteiger partial charge in [-0.1, -0.05) is 29.5 Å². The van der Waals surface area contributed by atoms with E-state index in [-0.39, 0.29) is 31.5 Å². The van der Waals surface area contributed by atoms with Crippen molar-refractivity contribution in [2.24, 2.45) is 0 Å². The second kappa shape index (κ2) is 9.97. The molecule has 0 fully saturated rings. The van der Waals surface area contributed by atoms with Crippen LogP contribution in [-0.2, 0) is 4.79 Å². The van der Waals surface area contributed by atoms with Crippen molar-refractivity contribution in [3.63, 3.8) is 0 Å². The van der Waals surface area contributed by atoms with Crippen molar-refractivity contribution >= 4 is 45.0 Å². The zero-order valence-corrected chi connectivity index (χ0v) is 18.5. The molecule has 2 heterocycles.